The van der Waals surface area contributed by atoms with Gasteiger partial charge in [-0.3, -0.25) is 5.21 Å². The highest BCUT2D eigenvalue weighted by molar-refractivity contribution is 5.79. The second-order valence-electron chi connectivity index (χ2n) is 1.86. The molecule has 0 aliphatic heterocycles. The van der Waals surface area contributed by atoms with Crippen molar-refractivity contribution in [3.05, 3.63) is 24.2 Å². The molecule has 0 amide bonds. The number of furan rings is 1. The zero-order chi connectivity index (χ0) is 8.81. The van der Waals surface area contributed by atoms with E-state index in [1.807, 2.05) is 0 Å². The minimum absolute atomic E-state index is 0.183. The van der Waals surface area contributed by atoms with Gasteiger partial charge in [0.25, 0.3) is 0 Å². The Kier molecular flexibility index (Phi) is 2.86. The van der Waals surface area contributed by atoms with Crippen molar-refractivity contribution in [1.29, 1.82) is 0 Å². The number of nitrogens with two attached hydrogens (primary N) is 1. The maximum absolute atomic E-state index is 8.19. The summed E-state index contributed by atoms with van der Waals surface area (Å²) in [4.78, 5) is 0. The Hall–Kier alpha value is -1.82. The van der Waals surface area contributed by atoms with Crippen molar-refractivity contribution in [3.8, 4) is 0 Å². The first kappa shape index (κ1) is 8.28. The van der Waals surface area contributed by atoms with E-state index in [1.54, 1.807) is 17.6 Å². The van der Waals surface area contributed by atoms with Gasteiger partial charge in [-0.15, -0.1) is 5.10 Å². The van der Waals surface area contributed by atoms with Gasteiger partial charge in [-0.1, -0.05) is 0 Å². The molecule has 0 aliphatic rings. The molecule has 6 heteroatoms. The first-order valence-electron chi connectivity index (χ1n) is 3.13. The molecule has 0 fully saturated rings. The van der Waals surface area contributed by atoms with Crippen LogP contribution in [0.2, 0.25) is 0 Å². The number of rotatable bonds is 2. The number of nitrogens with zero attached hydrogens (tertiary/aromatic N) is 2. The van der Waals surface area contributed by atoms with Crippen LogP contribution in [-0.2, 0) is 0 Å². The minimum atomic E-state index is -0.183. The Morgan fingerprint density at radius 1 is 1.75 bits per heavy atom. The quantitative estimate of drug-likeness (QED) is 0.326. The molecule has 0 saturated carbocycles. The standard InChI is InChI=1S/C6H8N4O2/c7-6(10-11)9-8-4-5-2-1-3-12-5/h1-4,11H,(H3,7,9,10)/b8-4-. The van der Waals surface area contributed by atoms with E-state index in [4.69, 9.17) is 15.4 Å². The lowest BCUT2D eigenvalue weighted by Crippen LogP contribution is -2.27. The highest BCUT2D eigenvalue weighted by Crippen LogP contribution is 1.94. The third-order valence-electron chi connectivity index (χ3n) is 1.01. The van der Waals surface area contributed by atoms with E-state index in [0.717, 1.165) is 0 Å². The molecule has 0 aliphatic carbocycles. The summed E-state index contributed by atoms with van der Waals surface area (Å²) >= 11 is 0. The van der Waals surface area contributed by atoms with Gasteiger partial charge < -0.3 is 10.2 Å². The monoisotopic (exact) mass is 168 g/mol. The van der Waals surface area contributed by atoms with Crippen molar-refractivity contribution in [2.45, 2.75) is 0 Å². The van der Waals surface area contributed by atoms with E-state index in [1.165, 1.54) is 12.5 Å². The molecular weight excluding hydrogens is 160 g/mol. The molecule has 1 rings (SSSR count). The Bertz CT molecular complexity index is 278. The van der Waals surface area contributed by atoms with E-state index < -0.39 is 0 Å². The van der Waals surface area contributed by atoms with Gasteiger partial charge in [0.2, 0.25) is 5.96 Å². The first-order valence-corrected chi connectivity index (χ1v) is 3.13. The molecule has 1 aromatic heterocycles. The van der Waals surface area contributed by atoms with Crippen LogP contribution in [0.15, 0.2) is 33.0 Å². The van der Waals surface area contributed by atoms with Gasteiger partial charge in [0.1, 0.15) is 5.76 Å². The zero-order valence-electron chi connectivity index (χ0n) is 6.14. The fraction of sp³-hybridized carbons (Fsp3) is 0. The van der Waals surface area contributed by atoms with Crippen LogP contribution in [0, 0.1) is 0 Å². The molecule has 64 valence electrons. The molecule has 0 bridgehead atoms. The van der Waals surface area contributed by atoms with E-state index in [9.17, 15) is 0 Å². The SMILES string of the molecule is NC(=N/N=C\c1ccco1)NO. The summed E-state index contributed by atoms with van der Waals surface area (Å²) in [6.45, 7) is 0. The van der Waals surface area contributed by atoms with E-state index in [0.29, 0.717) is 5.76 Å². The maximum atomic E-state index is 8.19. The molecule has 4 N–H and O–H groups in total. The predicted octanol–water partition coefficient (Wildman–Crippen LogP) is -0.0930. The normalized spacial score (nSPS) is 12.2. The largest absolute Gasteiger partial charge is 0.463 e. The number of nitrogens with one attached hydrogen (secondary N) is 1. The molecule has 0 spiro atoms. The van der Waals surface area contributed by atoms with Crippen LogP contribution in [0.1, 0.15) is 5.76 Å². The van der Waals surface area contributed by atoms with Crippen molar-refractivity contribution in [2.75, 3.05) is 0 Å². The maximum Gasteiger partial charge on any atom is 0.237 e. The summed E-state index contributed by atoms with van der Waals surface area (Å²) in [7, 11) is 0. The molecule has 0 radical (unpaired) electrons. The molecule has 0 atom stereocenters. The Morgan fingerprint density at radius 3 is 3.17 bits per heavy atom. The molecule has 12 heavy (non-hydrogen) atoms. The van der Waals surface area contributed by atoms with Crippen LogP contribution in [0.3, 0.4) is 0 Å². The summed E-state index contributed by atoms with van der Waals surface area (Å²) in [6, 6.07) is 3.43. The lowest BCUT2D eigenvalue weighted by molar-refractivity contribution is 0.232. The smallest absolute Gasteiger partial charge is 0.237 e. The zero-order valence-corrected chi connectivity index (χ0v) is 6.14. The van der Waals surface area contributed by atoms with Crippen LogP contribution in [0.25, 0.3) is 0 Å². The Balaban J connectivity index is 2.52. The van der Waals surface area contributed by atoms with Gasteiger partial charge in [-0.05, 0) is 12.1 Å². The van der Waals surface area contributed by atoms with Crippen molar-refractivity contribution >= 4 is 12.2 Å². The molecule has 0 aromatic carbocycles. The number of hydroxylamine groups is 1. The van der Waals surface area contributed by atoms with Gasteiger partial charge in [-0.2, -0.15) is 5.10 Å². The Labute approximate surface area is 68.4 Å². The summed E-state index contributed by atoms with van der Waals surface area (Å²) in [6.07, 6.45) is 2.88. The van der Waals surface area contributed by atoms with Gasteiger partial charge in [0.05, 0.1) is 12.5 Å². The topological polar surface area (TPSA) is 96.1 Å². The van der Waals surface area contributed by atoms with Crippen LogP contribution >= 0.6 is 0 Å². The van der Waals surface area contributed by atoms with E-state index >= 15 is 0 Å². The van der Waals surface area contributed by atoms with Crippen LogP contribution in [-0.4, -0.2) is 17.4 Å². The third-order valence-corrected chi connectivity index (χ3v) is 1.01. The molecule has 0 unspecified atom stereocenters. The molecule has 0 saturated heterocycles. The molecule has 1 aromatic rings. The van der Waals surface area contributed by atoms with Crippen LogP contribution in [0.5, 0.6) is 0 Å². The van der Waals surface area contributed by atoms with Crippen LogP contribution < -0.4 is 11.2 Å². The average Bonchev–Trinajstić information content (AvgIpc) is 2.57. The predicted molar refractivity (Wildman–Crippen MR) is 42.8 cm³/mol. The van der Waals surface area contributed by atoms with Gasteiger partial charge >= 0.3 is 0 Å². The number of guanidine groups is 1. The Morgan fingerprint density at radius 2 is 2.58 bits per heavy atom. The second-order valence-corrected chi connectivity index (χ2v) is 1.86. The number of hydrogen-bond acceptors (Lipinski definition) is 4. The second kappa shape index (κ2) is 4.14. The number of hydrogen-bond donors (Lipinski definition) is 3. The molecular formula is C6H8N4O2. The van der Waals surface area contributed by atoms with E-state index in [-0.39, 0.29) is 5.96 Å². The fourth-order valence-electron chi connectivity index (χ4n) is 0.535. The molecule has 1 heterocycles. The average molecular weight is 168 g/mol. The van der Waals surface area contributed by atoms with Crippen molar-refractivity contribution in [1.82, 2.24) is 5.48 Å². The third kappa shape index (κ3) is 2.43. The first-order chi connectivity index (χ1) is 5.83. The molecule has 6 nitrogen and oxygen atoms in total. The van der Waals surface area contributed by atoms with Crippen molar-refractivity contribution in [3.63, 3.8) is 0 Å². The van der Waals surface area contributed by atoms with Gasteiger partial charge in [0, 0.05) is 0 Å². The van der Waals surface area contributed by atoms with Crippen molar-refractivity contribution < 1.29 is 9.62 Å². The fourth-order valence-corrected chi connectivity index (χ4v) is 0.535. The lowest BCUT2D eigenvalue weighted by Gasteiger charge is -1.89. The van der Waals surface area contributed by atoms with Gasteiger partial charge in [-0.25, -0.2) is 5.48 Å². The van der Waals surface area contributed by atoms with E-state index in [2.05, 4.69) is 10.2 Å². The summed E-state index contributed by atoms with van der Waals surface area (Å²) in [5, 5.41) is 15.1. The summed E-state index contributed by atoms with van der Waals surface area (Å²) < 4.78 is 4.91. The highest BCUT2D eigenvalue weighted by atomic mass is 16.5. The summed E-state index contributed by atoms with van der Waals surface area (Å²) in [5.41, 5.74) is 6.69. The summed E-state index contributed by atoms with van der Waals surface area (Å²) in [5.74, 6) is 0.377. The van der Waals surface area contributed by atoms with Crippen LogP contribution in [0.4, 0.5) is 0 Å². The minimum Gasteiger partial charge on any atom is -0.463 e. The van der Waals surface area contributed by atoms with Crippen molar-refractivity contribution in [2.24, 2.45) is 15.9 Å². The lowest BCUT2D eigenvalue weighted by atomic mass is 10.5. The highest BCUT2D eigenvalue weighted by Gasteiger charge is 1.87. The van der Waals surface area contributed by atoms with Gasteiger partial charge in [0.15, 0.2) is 0 Å².